The summed E-state index contributed by atoms with van der Waals surface area (Å²) in [5.74, 6) is 0.232. The highest BCUT2D eigenvalue weighted by atomic mass is 32.2. The lowest BCUT2D eigenvalue weighted by Gasteiger charge is -2.33. The van der Waals surface area contributed by atoms with Gasteiger partial charge in [-0.15, -0.1) is 0 Å². The maximum atomic E-state index is 13.1. The Morgan fingerprint density at radius 3 is 2.59 bits per heavy atom. The molecule has 0 unspecified atom stereocenters. The second kappa shape index (κ2) is 8.16. The van der Waals surface area contributed by atoms with E-state index in [1.165, 1.54) is 4.31 Å². The van der Waals surface area contributed by atoms with Gasteiger partial charge in [-0.3, -0.25) is 9.48 Å². The molecule has 29 heavy (non-hydrogen) atoms. The molecular weight excluding hydrogens is 392 g/mol. The van der Waals surface area contributed by atoms with Crippen molar-refractivity contribution >= 4 is 15.9 Å². The molecule has 0 atom stereocenters. The van der Waals surface area contributed by atoms with Crippen LogP contribution in [0.3, 0.4) is 0 Å². The molecule has 1 aromatic heterocycles. The SMILES string of the molecule is CCOc1ccccc1S(=O)(=O)N1CCN(C(=O)c2cc3n(n2)CCCC3)CC1. The second-order valence-corrected chi connectivity index (χ2v) is 9.18. The Hall–Kier alpha value is -2.39. The van der Waals surface area contributed by atoms with E-state index in [-0.39, 0.29) is 23.9 Å². The molecule has 156 valence electrons. The van der Waals surface area contributed by atoms with Crippen LogP contribution in [0.5, 0.6) is 5.75 Å². The number of amides is 1. The molecule has 4 rings (SSSR count). The number of nitrogens with zero attached hydrogens (tertiary/aromatic N) is 4. The number of benzene rings is 1. The average Bonchev–Trinajstić information content (AvgIpc) is 3.18. The zero-order chi connectivity index (χ0) is 20.4. The first kappa shape index (κ1) is 19.9. The van der Waals surface area contributed by atoms with Crippen molar-refractivity contribution in [2.45, 2.75) is 37.6 Å². The summed E-state index contributed by atoms with van der Waals surface area (Å²) in [7, 11) is -3.68. The van der Waals surface area contributed by atoms with Crippen molar-refractivity contribution in [3.8, 4) is 5.75 Å². The van der Waals surface area contributed by atoms with Gasteiger partial charge < -0.3 is 9.64 Å². The number of para-hydroxylation sites is 1. The van der Waals surface area contributed by atoms with Gasteiger partial charge in [0.15, 0.2) is 5.69 Å². The minimum atomic E-state index is -3.68. The topological polar surface area (TPSA) is 84.7 Å². The third kappa shape index (κ3) is 3.89. The van der Waals surface area contributed by atoms with Crippen LogP contribution in [0.25, 0.3) is 0 Å². The Kier molecular flexibility index (Phi) is 5.60. The Balaban J connectivity index is 1.45. The fraction of sp³-hybridized carbons (Fsp3) is 0.500. The van der Waals surface area contributed by atoms with Crippen LogP contribution in [0.4, 0.5) is 0 Å². The predicted molar refractivity (Wildman–Crippen MR) is 107 cm³/mol. The quantitative estimate of drug-likeness (QED) is 0.739. The number of ether oxygens (including phenoxy) is 1. The Morgan fingerprint density at radius 1 is 1.10 bits per heavy atom. The summed E-state index contributed by atoms with van der Waals surface area (Å²) in [5, 5.41) is 4.45. The summed E-state index contributed by atoms with van der Waals surface area (Å²) < 4.78 is 35.0. The molecule has 0 saturated carbocycles. The minimum absolute atomic E-state index is 0.126. The molecule has 2 aromatic rings. The standard InChI is InChI=1S/C20H26N4O4S/c1-2-28-18-8-3-4-9-19(18)29(26,27)23-13-11-22(12-14-23)20(25)17-15-16-7-5-6-10-24(16)21-17/h3-4,8-9,15H,2,5-7,10-14H2,1H3. The monoisotopic (exact) mass is 418 g/mol. The second-order valence-electron chi connectivity index (χ2n) is 7.28. The zero-order valence-corrected chi connectivity index (χ0v) is 17.4. The van der Waals surface area contributed by atoms with Gasteiger partial charge in [-0.1, -0.05) is 12.1 Å². The summed E-state index contributed by atoms with van der Waals surface area (Å²) >= 11 is 0. The molecule has 1 fully saturated rings. The first-order chi connectivity index (χ1) is 14.0. The van der Waals surface area contributed by atoms with E-state index in [2.05, 4.69) is 5.10 Å². The van der Waals surface area contributed by atoms with Crippen LogP contribution in [0.15, 0.2) is 35.2 Å². The highest BCUT2D eigenvalue weighted by molar-refractivity contribution is 7.89. The fourth-order valence-corrected chi connectivity index (χ4v) is 5.45. The lowest BCUT2D eigenvalue weighted by Crippen LogP contribution is -2.50. The van der Waals surface area contributed by atoms with Crippen molar-refractivity contribution in [3.63, 3.8) is 0 Å². The van der Waals surface area contributed by atoms with Gasteiger partial charge in [0.1, 0.15) is 10.6 Å². The molecule has 3 heterocycles. The molecule has 0 radical (unpaired) electrons. The summed E-state index contributed by atoms with van der Waals surface area (Å²) in [6.45, 7) is 4.26. The predicted octanol–water partition coefficient (Wildman–Crippen LogP) is 1.76. The molecule has 0 N–H and O–H groups in total. The van der Waals surface area contributed by atoms with Crippen molar-refractivity contribution in [1.29, 1.82) is 0 Å². The summed E-state index contributed by atoms with van der Waals surface area (Å²) in [5.41, 5.74) is 1.56. The summed E-state index contributed by atoms with van der Waals surface area (Å²) in [6.07, 6.45) is 3.16. The Labute approximate surface area is 171 Å². The van der Waals surface area contributed by atoms with Crippen molar-refractivity contribution in [2.75, 3.05) is 32.8 Å². The van der Waals surface area contributed by atoms with Crippen molar-refractivity contribution < 1.29 is 17.9 Å². The van der Waals surface area contributed by atoms with Crippen LogP contribution in [-0.4, -0.2) is 66.1 Å². The first-order valence-electron chi connectivity index (χ1n) is 10.1. The molecular formula is C20H26N4O4S. The molecule has 2 aliphatic heterocycles. The fourth-order valence-electron chi connectivity index (χ4n) is 3.89. The van der Waals surface area contributed by atoms with Gasteiger partial charge in [0.25, 0.3) is 5.91 Å². The van der Waals surface area contributed by atoms with Gasteiger partial charge in [-0.2, -0.15) is 9.40 Å². The molecule has 9 heteroatoms. The van der Waals surface area contributed by atoms with Gasteiger partial charge in [-0.05, 0) is 44.4 Å². The Morgan fingerprint density at radius 2 is 1.86 bits per heavy atom. The van der Waals surface area contributed by atoms with E-state index in [9.17, 15) is 13.2 Å². The number of fused-ring (bicyclic) bond motifs is 1. The van der Waals surface area contributed by atoms with Gasteiger partial charge >= 0.3 is 0 Å². The van der Waals surface area contributed by atoms with Crippen LogP contribution in [0, 0.1) is 0 Å². The largest absolute Gasteiger partial charge is 0.492 e. The van der Waals surface area contributed by atoms with Gasteiger partial charge in [-0.25, -0.2) is 8.42 Å². The normalized spacial score (nSPS) is 17.8. The molecule has 1 aromatic carbocycles. The highest BCUT2D eigenvalue weighted by Crippen LogP contribution is 2.27. The summed E-state index contributed by atoms with van der Waals surface area (Å²) in [6, 6.07) is 8.55. The third-order valence-electron chi connectivity index (χ3n) is 5.43. The molecule has 0 aliphatic carbocycles. The molecule has 8 nitrogen and oxygen atoms in total. The van der Waals surface area contributed by atoms with Gasteiger partial charge in [0.2, 0.25) is 10.0 Å². The van der Waals surface area contributed by atoms with Crippen molar-refractivity contribution in [3.05, 3.63) is 41.7 Å². The molecule has 2 aliphatic rings. The van der Waals surface area contributed by atoms with E-state index in [4.69, 9.17) is 4.74 Å². The number of sulfonamides is 1. The molecule has 1 amide bonds. The van der Waals surface area contributed by atoms with Crippen LogP contribution in [0.2, 0.25) is 0 Å². The maximum absolute atomic E-state index is 13.1. The van der Waals surface area contributed by atoms with Gasteiger partial charge in [0, 0.05) is 38.4 Å². The average molecular weight is 419 g/mol. The third-order valence-corrected chi connectivity index (χ3v) is 7.37. The lowest BCUT2D eigenvalue weighted by molar-refractivity contribution is 0.0691. The number of aryl methyl sites for hydroxylation is 2. The minimum Gasteiger partial charge on any atom is -0.492 e. The number of carbonyl (C=O) groups is 1. The van der Waals surface area contributed by atoms with E-state index < -0.39 is 10.0 Å². The van der Waals surface area contributed by atoms with E-state index in [1.54, 1.807) is 29.2 Å². The van der Waals surface area contributed by atoms with E-state index in [1.807, 2.05) is 17.7 Å². The number of hydrogen-bond acceptors (Lipinski definition) is 5. The van der Waals surface area contributed by atoms with Gasteiger partial charge in [0.05, 0.1) is 6.61 Å². The molecule has 0 spiro atoms. The molecule has 1 saturated heterocycles. The van der Waals surface area contributed by atoms with E-state index in [0.29, 0.717) is 31.1 Å². The van der Waals surface area contributed by atoms with Crippen molar-refractivity contribution in [1.82, 2.24) is 19.0 Å². The van der Waals surface area contributed by atoms with E-state index in [0.717, 1.165) is 31.5 Å². The smallest absolute Gasteiger partial charge is 0.274 e. The van der Waals surface area contributed by atoms with Crippen LogP contribution in [0.1, 0.15) is 35.9 Å². The number of carbonyl (C=O) groups excluding carboxylic acids is 1. The van der Waals surface area contributed by atoms with Crippen LogP contribution >= 0.6 is 0 Å². The number of piperazine rings is 1. The van der Waals surface area contributed by atoms with Crippen LogP contribution < -0.4 is 4.74 Å². The Bertz CT molecular complexity index is 970. The molecule has 0 bridgehead atoms. The van der Waals surface area contributed by atoms with E-state index >= 15 is 0 Å². The number of rotatable bonds is 5. The van der Waals surface area contributed by atoms with Crippen LogP contribution in [-0.2, 0) is 23.0 Å². The maximum Gasteiger partial charge on any atom is 0.274 e. The first-order valence-corrected chi connectivity index (χ1v) is 11.5. The summed E-state index contributed by atoms with van der Waals surface area (Å²) in [4.78, 5) is 14.7. The number of hydrogen-bond donors (Lipinski definition) is 0. The zero-order valence-electron chi connectivity index (χ0n) is 16.6. The lowest BCUT2D eigenvalue weighted by atomic mass is 10.1. The highest BCUT2D eigenvalue weighted by Gasteiger charge is 2.33. The number of aromatic nitrogens is 2. The van der Waals surface area contributed by atoms with Crippen molar-refractivity contribution in [2.24, 2.45) is 0 Å².